The van der Waals surface area contributed by atoms with Gasteiger partial charge in [0.15, 0.2) is 17.0 Å². The molecule has 0 radical (unpaired) electrons. The molecule has 0 N–H and O–H groups in total. The van der Waals surface area contributed by atoms with Gasteiger partial charge in [-0.15, -0.1) is 0 Å². The predicted molar refractivity (Wildman–Crippen MR) is 64.6 cm³/mol. The van der Waals surface area contributed by atoms with Gasteiger partial charge < -0.3 is 4.74 Å². The van der Waals surface area contributed by atoms with E-state index in [4.69, 9.17) is 4.74 Å². The molecule has 4 nitrogen and oxygen atoms in total. The van der Waals surface area contributed by atoms with E-state index in [2.05, 4.69) is 0 Å². The Morgan fingerprint density at radius 3 is 2.12 bits per heavy atom. The minimum atomic E-state index is -1.62. The van der Waals surface area contributed by atoms with Gasteiger partial charge >= 0.3 is 5.97 Å². The van der Waals surface area contributed by atoms with Crippen molar-refractivity contribution in [2.45, 2.75) is 53.4 Å². The second-order valence-corrected chi connectivity index (χ2v) is 4.28. The molecule has 1 atom stereocenters. The number of ketones is 2. The van der Waals surface area contributed by atoms with Crippen LogP contribution in [0.25, 0.3) is 0 Å². The SMILES string of the molecule is CCCCCC(=O)C(C)(C(C)=O)C(=O)OCC. The van der Waals surface area contributed by atoms with Crippen LogP contribution in [0.1, 0.15) is 53.4 Å². The van der Waals surface area contributed by atoms with E-state index in [-0.39, 0.29) is 18.8 Å². The van der Waals surface area contributed by atoms with E-state index < -0.39 is 17.2 Å². The predicted octanol–water partition coefficient (Wildman–Crippen LogP) is 2.29. The van der Waals surface area contributed by atoms with Crippen molar-refractivity contribution in [2.24, 2.45) is 5.41 Å². The molecule has 0 rings (SSSR count). The molecule has 1 unspecified atom stereocenters. The number of carbonyl (C=O) groups excluding carboxylic acids is 3. The number of Topliss-reactive ketones (excluding diaryl/α,β-unsaturated/α-hetero) is 2. The van der Waals surface area contributed by atoms with Crippen molar-refractivity contribution in [1.29, 1.82) is 0 Å². The average Bonchev–Trinajstić information content (AvgIpc) is 2.28. The molecule has 0 amide bonds. The Morgan fingerprint density at radius 2 is 1.71 bits per heavy atom. The van der Waals surface area contributed by atoms with Crippen molar-refractivity contribution in [3.63, 3.8) is 0 Å². The molecule has 0 aliphatic heterocycles. The van der Waals surface area contributed by atoms with Gasteiger partial charge in [0.05, 0.1) is 6.61 Å². The molecule has 0 aliphatic rings. The third kappa shape index (κ3) is 3.95. The Bertz CT molecular complexity index is 296. The second kappa shape index (κ2) is 7.20. The van der Waals surface area contributed by atoms with Crippen LogP contribution in [0.3, 0.4) is 0 Å². The van der Waals surface area contributed by atoms with Gasteiger partial charge in [-0.1, -0.05) is 19.8 Å². The van der Waals surface area contributed by atoms with E-state index in [1.54, 1.807) is 6.92 Å². The van der Waals surface area contributed by atoms with Crippen LogP contribution >= 0.6 is 0 Å². The van der Waals surface area contributed by atoms with Crippen molar-refractivity contribution in [3.8, 4) is 0 Å². The maximum atomic E-state index is 12.0. The average molecular weight is 242 g/mol. The van der Waals surface area contributed by atoms with E-state index in [1.165, 1.54) is 13.8 Å². The van der Waals surface area contributed by atoms with Gasteiger partial charge in [0, 0.05) is 6.42 Å². The topological polar surface area (TPSA) is 60.4 Å². The summed E-state index contributed by atoms with van der Waals surface area (Å²) in [5.41, 5.74) is -1.62. The summed E-state index contributed by atoms with van der Waals surface area (Å²) in [6.45, 7) is 6.47. The molecule has 0 aromatic rings. The summed E-state index contributed by atoms with van der Waals surface area (Å²) in [6, 6.07) is 0. The normalized spacial score (nSPS) is 13.9. The number of unbranched alkanes of at least 4 members (excludes halogenated alkanes) is 2. The van der Waals surface area contributed by atoms with Crippen LogP contribution in [0, 0.1) is 5.41 Å². The van der Waals surface area contributed by atoms with Crippen LogP contribution in [0.5, 0.6) is 0 Å². The first-order valence-electron chi connectivity index (χ1n) is 6.12. The number of hydrogen-bond donors (Lipinski definition) is 0. The van der Waals surface area contributed by atoms with Gasteiger partial charge in [0.25, 0.3) is 0 Å². The number of esters is 1. The van der Waals surface area contributed by atoms with Gasteiger partial charge in [-0.05, 0) is 27.2 Å². The second-order valence-electron chi connectivity index (χ2n) is 4.28. The first-order chi connectivity index (χ1) is 7.91. The highest BCUT2D eigenvalue weighted by Gasteiger charge is 2.46. The molecule has 0 aliphatic carbocycles. The molecule has 17 heavy (non-hydrogen) atoms. The van der Waals surface area contributed by atoms with Crippen molar-refractivity contribution >= 4 is 17.5 Å². The summed E-state index contributed by atoms with van der Waals surface area (Å²) in [6.07, 6.45) is 2.87. The molecule has 0 saturated heterocycles. The van der Waals surface area contributed by atoms with Gasteiger partial charge in [0.2, 0.25) is 0 Å². The van der Waals surface area contributed by atoms with Gasteiger partial charge in [0.1, 0.15) is 0 Å². The zero-order valence-electron chi connectivity index (χ0n) is 11.2. The number of rotatable bonds is 8. The highest BCUT2D eigenvalue weighted by molar-refractivity contribution is 6.21. The zero-order valence-corrected chi connectivity index (χ0v) is 11.2. The molecule has 0 fully saturated rings. The van der Waals surface area contributed by atoms with Gasteiger partial charge in [-0.3, -0.25) is 14.4 Å². The Balaban J connectivity index is 4.76. The molecule has 0 bridgehead atoms. The first-order valence-corrected chi connectivity index (χ1v) is 6.12. The number of ether oxygens (including phenoxy) is 1. The number of carbonyl (C=O) groups is 3. The van der Waals surface area contributed by atoms with E-state index in [1.807, 2.05) is 6.92 Å². The van der Waals surface area contributed by atoms with Crippen molar-refractivity contribution in [3.05, 3.63) is 0 Å². The van der Waals surface area contributed by atoms with E-state index in [9.17, 15) is 14.4 Å². The lowest BCUT2D eigenvalue weighted by Crippen LogP contribution is -2.43. The molecule has 0 aromatic heterocycles. The fourth-order valence-electron chi connectivity index (χ4n) is 1.51. The standard InChI is InChI=1S/C13H22O4/c1-5-7-8-9-11(15)13(4,10(3)14)12(16)17-6-2/h5-9H2,1-4H3. The molecule has 0 aromatic carbocycles. The molecular weight excluding hydrogens is 220 g/mol. The van der Waals surface area contributed by atoms with E-state index in [0.717, 1.165) is 12.8 Å². The maximum absolute atomic E-state index is 12.0. The van der Waals surface area contributed by atoms with Crippen molar-refractivity contribution < 1.29 is 19.1 Å². The van der Waals surface area contributed by atoms with Crippen LogP contribution in [0.2, 0.25) is 0 Å². The lowest BCUT2D eigenvalue weighted by atomic mass is 9.80. The molecule has 98 valence electrons. The minimum Gasteiger partial charge on any atom is -0.465 e. The van der Waals surface area contributed by atoms with Crippen LogP contribution in [-0.4, -0.2) is 24.1 Å². The highest BCUT2D eigenvalue weighted by atomic mass is 16.5. The Kier molecular flexibility index (Phi) is 6.69. The van der Waals surface area contributed by atoms with Crippen molar-refractivity contribution in [1.82, 2.24) is 0 Å². The van der Waals surface area contributed by atoms with E-state index >= 15 is 0 Å². The molecule has 4 heteroatoms. The lowest BCUT2D eigenvalue weighted by molar-refractivity contribution is -0.162. The fourth-order valence-corrected chi connectivity index (χ4v) is 1.51. The van der Waals surface area contributed by atoms with Crippen LogP contribution in [0.15, 0.2) is 0 Å². The summed E-state index contributed by atoms with van der Waals surface area (Å²) in [7, 11) is 0. The molecule has 0 spiro atoms. The lowest BCUT2D eigenvalue weighted by Gasteiger charge is -2.22. The first kappa shape index (κ1) is 15.8. The third-order valence-corrected chi connectivity index (χ3v) is 2.95. The monoisotopic (exact) mass is 242 g/mol. The smallest absolute Gasteiger partial charge is 0.326 e. The summed E-state index contributed by atoms with van der Waals surface area (Å²) in [5, 5.41) is 0. The van der Waals surface area contributed by atoms with E-state index in [0.29, 0.717) is 6.42 Å². The van der Waals surface area contributed by atoms with Crippen LogP contribution in [0.4, 0.5) is 0 Å². The zero-order chi connectivity index (χ0) is 13.5. The van der Waals surface area contributed by atoms with Crippen molar-refractivity contribution in [2.75, 3.05) is 6.61 Å². The third-order valence-electron chi connectivity index (χ3n) is 2.95. The fraction of sp³-hybridized carbons (Fsp3) is 0.769. The van der Waals surface area contributed by atoms with Gasteiger partial charge in [-0.25, -0.2) is 0 Å². The molecular formula is C13H22O4. The highest BCUT2D eigenvalue weighted by Crippen LogP contribution is 2.24. The minimum absolute atomic E-state index is 0.171. The number of hydrogen-bond acceptors (Lipinski definition) is 4. The quantitative estimate of drug-likeness (QED) is 0.372. The largest absolute Gasteiger partial charge is 0.465 e. The Morgan fingerprint density at radius 1 is 1.12 bits per heavy atom. The Labute approximate surface area is 103 Å². The van der Waals surface area contributed by atoms with Crippen LogP contribution in [-0.2, 0) is 19.1 Å². The van der Waals surface area contributed by atoms with Gasteiger partial charge in [-0.2, -0.15) is 0 Å². The molecule has 0 saturated carbocycles. The summed E-state index contributed by atoms with van der Waals surface area (Å²) >= 11 is 0. The summed E-state index contributed by atoms with van der Waals surface area (Å²) in [5.74, 6) is -1.51. The molecule has 0 heterocycles. The summed E-state index contributed by atoms with van der Waals surface area (Å²) in [4.78, 5) is 35.2. The summed E-state index contributed by atoms with van der Waals surface area (Å²) < 4.78 is 4.82. The maximum Gasteiger partial charge on any atom is 0.326 e. The van der Waals surface area contributed by atoms with Crippen LogP contribution < -0.4 is 0 Å². The Hall–Kier alpha value is -1.19.